The number of anilines is 1. The number of alkyl halides is 3. The average Bonchev–Trinajstić information content (AvgIpc) is 3.12. The molecule has 3 heterocycles. The Hall–Kier alpha value is -3.59. The standard InChI is InChI=1S/C25H21ClF3N5O/c26-17-7-8-19-21(15-17)30-10-9-22(19)32-11-13-33(14-12-32)24(35)20-16-31-34(23(20)25(27,28)29)18-5-3-1-2-4-6-18/h1,3-10,15-16H,2,11-14H2. The summed E-state index contributed by atoms with van der Waals surface area (Å²) in [4.78, 5) is 21.1. The van der Waals surface area contributed by atoms with E-state index in [1.807, 2.05) is 18.2 Å². The van der Waals surface area contributed by atoms with E-state index in [9.17, 15) is 18.0 Å². The van der Waals surface area contributed by atoms with Crippen LogP contribution < -0.4 is 4.90 Å². The van der Waals surface area contributed by atoms with Gasteiger partial charge in [-0.05, 0) is 42.8 Å². The molecule has 0 N–H and O–H groups in total. The van der Waals surface area contributed by atoms with Crippen LogP contribution in [0.4, 0.5) is 18.9 Å². The summed E-state index contributed by atoms with van der Waals surface area (Å²) in [6, 6.07) is 7.36. The minimum atomic E-state index is -4.74. The van der Waals surface area contributed by atoms with Crippen molar-refractivity contribution in [1.82, 2.24) is 19.7 Å². The van der Waals surface area contributed by atoms with Crippen molar-refractivity contribution in [1.29, 1.82) is 0 Å². The lowest BCUT2D eigenvalue weighted by Gasteiger charge is -2.36. The Bertz CT molecular complexity index is 1370. The fraction of sp³-hybridized carbons (Fsp3) is 0.240. The predicted molar refractivity (Wildman–Crippen MR) is 129 cm³/mol. The van der Waals surface area contributed by atoms with Crippen LogP contribution in [0.3, 0.4) is 0 Å². The van der Waals surface area contributed by atoms with Gasteiger partial charge in [0.15, 0.2) is 5.69 Å². The highest BCUT2D eigenvalue weighted by atomic mass is 35.5. The fourth-order valence-corrected chi connectivity index (χ4v) is 4.55. The van der Waals surface area contributed by atoms with E-state index in [-0.39, 0.29) is 18.8 Å². The fourth-order valence-electron chi connectivity index (χ4n) is 4.39. The number of hydrogen-bond acceptors (Lipinski definition) is 4. The Balaban J connectivity index is 1.38. The lowest BCUT2D eigenvalue weighted by molar-refractivity contribution is -0.143. The molecule has 5 rings (SSSR count). The molecule has 2 aromatic heterocycles. The van der Waals surface area contributed by atoms with Crippen molar-refractivity contribution < 1.29 is 18.0 Å². The Labute approximate surface area is 204 Å². The third-order valence-corrected chi connectivity index (χ3v) is 6.30. The smallest absolute Gasteiger partial charge is 0.367 e. The maximum atomic E-state index is 14.1. The van der Waals surface area contributed by atoms with Crippen molar-refractivity contribution in [3.8, 4) is 0 Å². The van der Waals surface area contributed by atoms with Gasteiger partial charge in [-0.3, -0.25) is 9.78 Å². The Kier molecular flexibility index (Phi) is 6.10. The molecule has 0 saturated carbocycles. The molecule has 0 radical (unpaired) electrons. The van der Waals surface area contributed by atoms with Crippen LogP contribution in [0.5, 0.6) is 0 Å². The quantitative estimate of drug-likeness (QED) is 0.482. The van der Waals surface area contributed by atoms with Gasteiger partial charge in [0.05, 0.1) is 23.0 Å². The summed E-state index contributed by atoms with van der Waals surface area (Å²) >= 11 is 6.08. The zero-order valence-corrected chi connectivity index (χ0v) is 19.3. The van der Waals surface area contributed by atoms with Crippen LogP contribution >= 0.6 is 11.6 Å². The van der Waals surface area contributed by atoms with Crippen molar-refractivity contribution in [2.45, 2.75) is 12.6 Å². The number of fused-ring (bicyclic) bond motifs is 1. The summed E-state index contributed by atoms with van der Waals surface area (Å²) in [6.07, 6.45) is 6.94. The second kappa shape index (κ2) is 9.22. The number of rotatable bonds is 3. The normalized spacial score (nSPS) is 16.5. The molecule has 1 amide bonds. The summed E-state index contributed by atoms with van der Waals surface area (Å²) in [5.41, 5.74) is 0.445. The van der Waals surface area contributed by atoms with Crippen molar-refractivity contribution in [2.24, 2.45) is 0 Å². The number of amides is 1. The second-order valence-electron chi connectivity index (χ2n) is 8.24. The third-order valence-electron chi connectivity index (χ3n) is 6.07. The highest BCUT2D eigenvalue weighted by Crippen LogP contribution is 2.35. The van der Waals surface area contributed by atoms with Crippen LogP contribution in [0, 0.1) is 0 Å². The minimum Gasteiger partial charge on any atom is -0.367 e. The van der Waals surface area contributed by atoms with Crippen molar-refractivity contribution in [3.05, 3.63) is 83.3 Å². The lowest BCUT2D eigenvalue weighted by Crippen LogP contribution is -2.49. The summed E-state index contributed by atoms with van der Waals surface area (Å²) in [7, 11) is 0. The van der Waals surface area contributed by atoms with Gasteiger partial charge < -0.3 is 9.80 Å². The van der Waals surface area contributed by atoms with Gasteiger partial charge in [-0.25, -0.2) is 4.68 Å². The number of carbonyl (C=O) groups is 1. The molecular formula is C25H21ClF3N5O. The average molecular weight is 500 g/mol. The van der Waals surface area contributed by atoms with Crippen LogP contribution in [0.1, 0.15) is 22.5 Å². The Morgan fingerprint density at radius 3 is 2.63 bits per heavy atom. The molecule has 1 fully saturated rings. The molecule has 1 aliphatic heterocycles. The predicted octanol–water partition coefficient (Wildman–Crippen LogP) is 5.42. The minimum absolute atomic E-state index is 0.250. The Morgan fingerprint density at radius 1 is 1.06 bits per heavy atom. The number of benzene rings is 1. The molecule has 35 heavy (non-hydrogen) atoms. The van der Waals surface area contributed by atoms with E-state index in [0.717, 1.165) is 27.5 Å². The molecule has 1 aliphatic carbocycles. The van der Waals surface area contributed by atoms with Crippen LogP contribution in [-0.2, 0) is 6.18 Å². The molecule has 0 unspecified atom stereocenters. The molecule has 1 saturated heterocycles. The van der Waals surface area contributed by atoms with Gasteiger partial charge in [0.1, 0.15) is 0 Å². The third kappa shape index (κ3) is 4.55. The number of carbonyl (C=O) groups excluding carboxylic acids is 1. The number of allylic oxidation sites excluding steroid dienone is 6. The van der Waals surface area contributed by atoms with E-state index in [1.165, 1.54) is 4.90 Å². The number of nitrogens with zero attached hydrogens (tertiary/aromatic N) is 5. The van der Waals surface area contributed by atoms with Gasteiger partial charge in [0.2, 0.25) is 0 Å². The van der Waals surface area contributed by atoms with E-state index < -0.39 is 23.3 Å². The first-order valence-electron chi connectivity index (χ1n) is 11.1. The van der Waals surface area contributed by atoms with Gasteiger partial charge in [-0.1, -0.05) is 29.8 Å². The van der Waals surface area contributed by atoms with E-state index >= 15 is 0 Å². The summed E-state index contributed by atoms with van der Waals surface area (Å²) in [6.45, 7) is 1.51. The van der Waals surface area contributed by atoms with E-state index in [0.29, 0.717) is 24.5 Å². The summed E-state index contributed by atoms with van der Waals surface area (Å²) < 4.78 is 43.0. The molecule has 6 nitrogen and oxygen atoms in total. The number of piperazine rings is 1. The first-order chi connectivity index (χ1) is 16.8. The van der Waals surface area contributed by atoms with Gasteiger partial charge in [-0.15, -0.1) is 0 Å². The monoisotopic (exact) mass is 499 g/mol. The van der Waals surface area contributed by atoms with Gasteiger partial charge in [-0.2, -0.15) is 18.3 Å². The zero-order chi connectivity index (χ0) is 24.6. The molecule has 1 aromatic carbocycles. The SMILES string of the molecule is O=C(c1cnn(C2=CC=CCC=C2)c1C(F)(F)F)N1CCN(c2ccnc3cc(Cl)ccc23)CC1. The molecular weight excluding hydrogens is 479 g/mol. The number of halogens is 4. The highest BCUT2D eigenvalue weighted by Gasteiger charge is 2.42. The largest absolute Gasteiger partial charge is 0.434 e. The first kappa shape index (κ1) is 23.2. The molecule has 0 bridgehead atoms. The summed E-state index contributed by atoms with van der Waals surface area (Å²) in [5, 5.41) is 5.45. The molecule has 0 atom stereocenters. The van der Waals surface area contributed by atoms with Crippen molar-refractivity contribution in [3.63, 3.8) is 0 Å². The molecule has 0 spiro atoms. The lowest BCUT2D eigenvalue weighted by atomic mass is 10.1. The van der Waals surface area contributed by atoms with Gasteiger partial charge >= 0.3 is 6.18 Å². The van der Waals surface area contributed by atoms with Crippen LogP contribution in [0.25, 0.3) is 16.6 Å². The van der Waals surface area contributed by atoms with Crippen molar-refractivity contribution in [2.75, 3.05) is 31.1 Å². The maximum absolute atomic E-state index is 14.1. The molecule has 10 heteroatoms. The van der Waals surface area contributed by atoms with E-state index in [4.69, 9.17) is 11.6 Å². The maximum Gasteiger partial charge on any atom is 0.434 e. The van der Waals surface area contributed by atoms with Crippen LogP contribution in [-0.4, -0.2) is 51.8 Å². The van der Waals surface area contributed by atoms with Crippen LogP contribution in [0.2, 0.25) is 5.02 Å². The molecule has 3 aromatic rings. The first-order valence-corrected chi connectivity index (χ1v) is 11.5. The van der Waals surface area contributed by atoms with E-state index in [2.05, 4.69) is 15.0 Å². The molecule has 180 valence electrons. The zero-order valence-electron chi connectivity index (χ0n) is 18.5. The van der Waals surface area contributed by atoms with E-state index in [1.54, 1.807) is 42.6 Å². The number of pyridine rings is 1. The number of aromatic nitrogens is 3. The second-order valence-corrected chi connectivity index (χ2v) is 8.68. The highest BCUT2D eigenvalue weighted by molar-refractivity contribution is 6.31. The van der Waals surface area contributed by atoms with Gasteiger partial charge in [0, 0.05) is 48.5 Å². The van der Waals surface area contributed by atoms with Gasteiger partial charge in [0.25, 0.3) is 5.91 Å². The summed E-state index contributed by atoms with van der Waals surface area (Å²) in [5.74, 6) is -0.677. The van der Waals surface area contributed by atoms with Crippen molar-refractivity contribution >= 4 is 39.8 Å². The topological polar surface area (TPSA) is 54.3 Å². The number of hydrogen-bond donors (Lipinski definition) is 0. The van der Waals surface area contributed by atoms with Crippen LogP contribution in [0.15, 0.2) is 67.0 Å². The Morgan fingerprint density at radius 2 is 1.86 bits per heavy atom. The molecule has 2 aliphatic rings.